The van der Waals surface area contributed by atoms with Crippen molar-refractivity contribution >= 4 is 17.4 Å². The van der Waals surface area contributed by atoms with Crippen molar-refractivity contribution < 1.29 is 4.79 Å². The number of pyridine rings is 1. The molecule has 2 aliphatic rings. The summed E-state index contributed by atoms with van der Waals surface area (Å²) in [5.74, 6) is 0. The molecule has 2 aromatic heterocycles. The first-order chi connectivity index (χ1) is 11.2. The lowest BCUT2D eigenvalue weighted by Gasteiger charge is -2.18. The van der Waals surface area contributed by atoms with Crippen LogP contribution in [-0.4, -0.2) is 58.9 Å². The molecule has 2 amide bonds. The van der Waals surface area contributed by atoms with Crippen molar-refractivity contribution in [2.24, 2.45) is 0 Å². The maximum atomic E-state index is 12.1. The van der Waals surface area contributed by atoms with E-state index in [1.165, 1.54) is 5.69 Å². The highest BCUT2D eigenvalue weighted by Crippen LogP contribution is 2.28. The zero-order chi connectivity index (χ0) is 15.8. The molecule has 0 aliphatic carbocycles. The van der Waals surface area contributed by atoms with Gasteiger partial charge in [0.15, 0.2) is 0 Å². The number of urea groups is 1. The van der Waals surface area contributed by atoms with Crippen molar-refractivity contribution in [3.8, 4) is 0 Å². The average Bonchev–Trinajstić information content (AvgIpc) is 3.29. The molecular weight excluding hydrogens is 292 g/mol. The van der Waals surface area contributed by atoms with Gasteiger partial charge in [-0.05, 0) is 18.6 Å². The van der Waals surface area contributed by atoms with Gasteiger partial charge in [0, 0.05) is 57.5 Å². The normalized spacial score (nSPS) is 21.5. The van der Waals surface area contributed by atoms with Crippen molar-refractivity contribution in [1.29, 1.82) is 0 Å². The second-order valence-corrected chi connectivity index (χ2v) is 6.13. The van der Waals surface area contributed by atoms with Crippen LogP contribution in [0.2, 0.25) is 0 Å². The molecule has 2 saturated heterocycles. The smallest absolute Gasteiger partial charge is 0.324 e. The Morgan fingerprint density at radius 2 is 1.96 bits per heavy atom. The predicted molar refractivity (Wildman–Crippen MR) is 87.7 cm³/mol. The Morgan fingerprint density at radius 3 is 2.70 bits per heavy atom. The van der Waals surface area contributed by atoms with Crippen LogP contribution in [0.5, 0.6) is 0 Å². The van der Waals surface area contributed by atoms with Gasteiger partial charge in [0.1, 0.15) is 0 Å². The fourth-order valence-corrected chi connectivity index (χ4v) is 3.30. The van der Waals surface area contributed by atoms with E-state index in [1.807, 2.05) is 42.5 Å². The molecular formula is C16H20N6O. The second-order valence-electron chi connectivity index (χ2n) is 6.13. The van der Waals surface area contributed by atoms with E-state index in [9.17, 15) is 4.79 Å². The standard InChI is InChI=1S/C16H20N6O/c1-19-8-9-21(16(19)23)15-10-18-22(12-15)14-4-7-20(11-14)13-2-5-17-6-3-13/h2-3,5-6,10,12,14H,4,7-9,11H2,1H3. The van der Waals surface area contributed by atoms with E-state index in [2.05, 4.69) is 15.0 Å². The number of amides is 2. The van der Waals surface area contributed by atoms with Gasteiger partial charge >= 0.3 is 6.03 Å². The number of anilines is 2. The van der Waals surface area contributed by atoms with E-state index in [1.54, 1.807) is 16.0 Å². The maximum absolute atomic E-state index is 12.1. The lowest BCUT2D eigenvalue weighted by atomic mass is 10.3. The Labute approximate surface area is 135 Å². The summed E-state index contributed by atoms with van der Waals surface area (Å²) < 4.78 is 2.00. The summed E-state index contributed by atoms with van der Waals surface area (Å²) in [5.41, 5.74) is 2.09. The molecule has 1 atom stereocenters. The maximum Gasteiger partial charge on any atom is 0.324 e. The predicted octanol–water partition coefficient (Wildman–Crippen LogP) is 1.60. The summed E-state index contributed by atoms with van der Waals surface area (Å²) in [6.07, 6.45) is 8.50. The third-order valence-electron chi connectivity index (χ3n) is 4.68. The molecule has 0 aromatic carbocycles. The van der Waals surface area contributed by atoms with E-state index in [4.69, 9.17) is 0 Å². The summed E-state index contributed by atoms with van der Waals surface area (Å²) in [5, 5.41) is 4.50. The third kappa shape index (κ3) is 2.52. The monoisotopic (exact) mass is 312 g/mol. The summed E-state index contributed by atoms with van der Waals surface area (Å²) >= 11 is 0. The first-order valence-electron chi connectivity index (χ1n) is 7.94. The minimum Gasteiger partial charge on any atom is -0.369 e. The molecule has 7 nitrogen and oxygen atoms in total. The highest BCUT2D eigenvalue weighted by atomic mass is 16.2. The summed E-state index contributed by atoms with van der Waals surface area (Å²) in [6.45, 7) is 3.44. The summed E-state index contributed by atoms with van der Waals surface area (Å²) in [7, 11) is 1.83. The van der Waals surface area contributed by atoms with Crippen molar-refractivity contribution in [2.75, 3.05) is 43.0 Å². The largest absolute Gasteiger partial charge is 0.369 e. The molecule has 0 spiro atoms. The molecule has 0 bridgehead atoms. The third-order valence-corrected chi connectivity index (χ3v) is 4.68. The number of nitrogens with zero attached hydrogens (tertiary/aromatic N) is 6. The molecule has 0 radical (unpaired) electrons. The number of carbonyl (C=O) groups excluding carboxylic acids is 1. The number of rotatable bonds is 3. The van der Waals surface area contributed by atoms with Crippen LogP contribution in [0.4, 0.5) is 16.2 Å². The number of carbonyl (C=O) groups is 1. The first-order valence-corrected chi connectivity index (χ1v) is 7.94. The molecule has 2 aliphatic heterocycles. The van der Waals surface area contributed by atoms with Gasteiger partial charge in [0.2, 0.25) is 0 Å². The van der Waals surface area contributed by atoms with Crippen LogP contribution in [0.1, 0.15) is 12.5 Å². The lowest BCUT2D eigenvalue weighted by Crippen LogP contribution is -2.28. The number of hydrogen-bond donors (Lipinski definition) is 0. The molecule has 4 rings (SSSR count). The second kappa shape index (κ2) is 5.57. The summed E-state index contributed by atoms with van der Waals surface area (Å²) in [4.78, 5) is 22.0. The highest BCUT2D eigenvalue weighted by molar-refractivity contribution is 5.93. The van der Waals surface area contributed by atoms with Gasteiger partial charge in [-0.3, -0.25) is 14.6 Å². The van der Waals surface area contributed by atoms with Gasteiger partial charge in [-0.25, -0.2) is 4.79 Å². The molecule has 1 unspecified atom stereocenters. The van der Waals surface area contributed by atoms with Crippen molar-refractivity contribution in [3.63, 3.8) is 0 Å². The first kappa shape index (κ1) is 14.0. The minimum absolute atomic E-state index is 0.0504. The molecule has 0 saturated carbocycles. The van der Waals surface area contributed by atoms with Gasteiger partial charge in [0.05, 0.1) is 17.9 Å². The van der Waals surface area contributed by atoms with Gasteiger partial charge in [-0.15, -0.1) is 0 Å². The van der Waals surface area contributed by atoms with Gasteiger partial charge in [-0.1, -0.05) is 0 Å². The quantitative estimate of drug-likeness (QED) is 0.864. The average molecular weight is 312 g/mol. The fraction of sp³-hybridized carbons (Fsp3) is 0.438. The lowest BCUT2D eigenvalue weighted by molar-refractivity contribution is 0.229. The van der Waals surface area contributed by atoms with E-state index in [0.29, 0.717) is 6.04 Å². The molecule has 2 fully saturated rings. The Morgan fingerprint density at radius 1 is 1.13 bits per heavy atom. The van der Waals surface area contributed by atoms with Crippen molar-refractivity contribution in [3.05, 3.63) is 36.9 Å². The number of likely N-dealkylation sites (N-methyl/N-ethyl adjacent to an activating group) is 1. The van der Waals surface area contributed by atoms with Crippen LogP contribution < -0.4 is 9.80 Å². The zero-order valence-corrected chi connectivity index (χ0v) is 13.2. The van der Waals surface area contributed by atoms with Crippen LogP contribution in [0, 0.1) is 0 Å². The van der Waals surface area contributed by atoms with Crippen LogP contribution in [0.25, 0.3) is 0 Å². The number of hydrogen-bond acceptors (Lipinski definition) is 4. The Hall–Kier alpha value is -2.57. The van der Waals surface area contributed by atoms with Gasteiger partial charge in [0.25, 0.3) is 0 Å². The van der Waals surface area contributed by atoms with E-state index in [-0.39, 0.29) is 6.03 Å². The van der Waals surface area contributed by atoms with Crippen LogP contribution in [0.15, 0.2) is 36.9 Å². The van der Waals surface area contributed by atoms with E-state index in [0.717, 1.165) is 38.3 Å². The fourth-order valence-electron chi connectivity index (χ4n) is 3.30. The molecule has 4 heterocycles. The molecule has 2 aromatic rings. The van der Waals surface area contributed by atoms with Crippen LogP contribution in [-0.2, 0) is 0 Å². The number of aromatic nitrogens is 3. The van der Waals surface area contributed by atoms with Gasteiger partial charge in [-0.2, -0.15) is 5.10 Å². The Bertz CT molecular complexity index is 700. The van der Waals surface area contributed by atoms with Crippen LogP contribution >= 0.6 is 0 Å². The van der Waals surface area contributed by atoms with E-state index < -0.39 is 0 Å². The molecule has 7 heteroatoms. The molecule has 120 valence electrons. The van der Waals surface area contributed by atoms with Crippen molar-refractivity contribution in [2.45, 2.75) is 12.5 Å². The highest BCUT2D eigenvalue weighted by Gasteiger charge is 2.29. The Balaban J connectivity index is 1.47. The van der Waals surface area contributed by atoms with Crippen molar-refractivity contribution in [1.82, 2.24) is 19.7 Å². The van der Waals surface area contributed by atoms with Gasteiger partial charge < -0.3 is 9.80 Å². The molecule has 23 heavy (non-hydrogen) atoms. The summed E-state index contributed by atoms with van der Waals surface area (Å²) in [6, 6.07) is 4.47. The topological polar surface area (TPSA) is 57.5 Å². The SMILES string of the molecule is CN1CCN(c2cnn(C3CCN(c4ccncc4)C3)c2)C1=O. The minimum atomic E-state index is 0.0504. The van der Waals surface area contributed by atoms with E-state index >= 15 is 0 Å². The van der Waals surface area contributed by atoms with Crippen LogP contribution in [0.3, 0.4) is 0 Å². The zero-order valence-electron chi connectivity index (χ0n) is 13.2. The molecule has 0 N–H and O–H groups in total. The Kier molecular flexibility index (Phi) is 3.40.